The summed E-state index contributed by atoms with van der Waals surface area (Å²) in [6, 6.07) is 30.3. The van der Waals surface area contributed by atoms with E-state index in [1.807, 2.05) is 84.0 Å². The molecule has 0 saturated heterocycles. The molecule has 0 fully saturated rings. The summed E-state index contributed by atoms with van der Waals surface area (Å²) < 4.78 is 12.6. The third-order valence-electron chi connectivity index (χ3n) is 6.50. The maximum atomic E-state index is 9.80. The Labute approximate surface area is 237 Å². The van der Waals surface area contributed by atoms with Crippen molar-refractivity contribution in [2.45, 2.75) is 52.7 Å². The third-order valence-corrected chi connectivity index (χ3v) is 6.50. The van der Waals surface area contributed by atoms with Crippen LogP contribution in [0.15, 0.2) is 84.9 Å². The predicted octanol–water partition coefficient (Wildman–Crippen LogP) is 6.76. The van der Waals surface area contributed by atoms with Crippen LogP contribution in [0.4, 0.5) is 22.7 Å². The topological polar surface area (TPSA) is 49.8 Å². The molecule has 0 radical (unpaired) electrons. The van der Waals surface area contributed by atoms with Gasteiger partial charge in [-0.25, -0.2) is 4.85 Å². The van der Waals surface area contributed by atoms with E-state index in [2.05, 4.69) is 52.2 Å². The highest BCUT2D eigenvalue weighted by Gasteiger charge is 2.37. The summed E-state index contributed by atoms with van der Waals surface area (Å²) in [5.74, 6) is 1.52. The minimum atomic E-state index is -0.374. The van der Waals surface area contributed by atoms with Gasteiger partial charge < -0.3 is 14.4 Å². The third kappa shape index (κ3) is 5.53. The van der Waals surface area contributed by atoms with Gasteiger partial charge in [-0.05, 0) is 107 Å². The number of hydrogen-bond donors (Lipinski definition) is 0. The second-order valence-electron chi connectivity index (χ2n) is 12.0. The zero-order valence-electron chi connectivity index (χ0n) is 23.8. The molecule has 40 heavy (non-hydrogen) atoms. The van der Waals surface area contributed by atoms with Crippen LogP contribution in [-0.4, -0.2) is 17.9 Å². The molecule has 1 heterocycles. The monoisotopic (exact) mass is 525 g/mol. The lowest BCUT2D eigenvalue weighted by molar-refractivity contribution is 0.130. The van der Waals surface area contributed by atoms with Crippen molar-refractivity contribution in [1.29, 1.82) is 5.26 Å². The molecule has 0 spiro atoms. The fourth-order valence-electron chi connectivity index (χ4n) is 5.21. The number of anilines is 3. The lowest BCUT2D eigenvalue weighted by Crippen LogP contribution is -2.57. The van der Waals surface area contributed by atoms with Gasteiger partial charge in [-0.15, -0.1) is 0 Å². The number of rotatable bonds is 4. The highest BCUT2D eigenvalue weighted by atomic mass is 16.5. The van der Waals surface area contributed by atoms with E-state index in [-0.39, 0.29) is 17.9 Å². The number of nitrogens with zero attached hydrogens (tertiary/aromatic N) is 3. The Bertz CT molecular complexity index is 1550. The number of para-hydroxylation sites is 1. The van der Waals surface area contributed by atoms with Crippen LogP contribution in [0.5, 0.6) is 11.5 Å². The molecule has 0 saturated carbocycles. The largest absolute Gasteiger partial charge is 0.488 e. The lowest BCUT2D eigenvalue weighted by atomic mass is 9.35. The van der Waals surface area contributed by atoms with Gasteiger partial charge in [0.2, 0.25) is 6.71 Å². The van der Waals surface area contributed by atoms with Gasteiger partial charge in [0, 0.05) is 22.6 Å². The molecule has 5 rings (SSSR count). The smallest absolute Gasteiger partial charge is 0.245 e. The first-order chi connectivity index (χ1) is 19.0. The van der Waals surface area contributed by atoms with Gasteiger partial charge in [-0.1, -0.05) is 35.8 Å². The molecule has 0 N–H and O–H groups in total. The Morgan fingerprint density at radius 1 is 0.750 bits per heavy atom. The second kappa shape index (κ2) is 10.1. The molecule has 0 atom stereocenters. The Morgan fingerprint density at radius 3 is 1.77 bits per heavy atom. The molecule has 0 aromatic heterocycles. The number of hydrogen-bond acceptors (Lipinski definition) is 4. The Balaban J connectivity index is 1.83. The van der Waals surface area contributed by atoms with Crippen molar-refractivity contribution in [2.75, 3.05) is 4.90 Å². The first-order valence-corrected chi connectivity index (χ1v) is 13.4. The first kappa shape index (κ1) is 26.9. The highest BCUT2D eigenvalue weighted by Crippen LogP contribution is 2.38. The molecular formula is C34H32BN3O2. The standard InChI is InChI=1S/C34H32BN3O2/c1-33(2,3)39-27-13-15-31-29(20-27)35(24-17-23(22-36)18-25(19-24)37-7)30-21-28(40-34(4,5)6)14-16-32(30)38(31)26-11-9-8-10-12-26/h8-21H,1-6H3. The summed E-state index contributed by atoms with van der Waals surface area (Å²) in [4.78, 5) is 5.94. The van der Waals surface area contributed by atoms with Crippen LogP contribution < -0.4 is 30.8 Å². The number of ether oxygens (including phenoxy) is 2. The summed E-state index contributed by atoms with van der Waals surface area (Å²) in [6.07, 6.45) is 0. The maximum absolute atomic E-state index is 9.80. The zero-order valence-corrected chi connectivity index (χ0v) is 23.8. The summed E-state index contributed by atoms with van der Waals surface area (Å²) in [7, 11) is 0. The van der Waals surface area contributed by atoms with Crippen molar-refractivity contribution >= 4 is 45.9 Å². The SMILES string of the molecule is [C-]#[N+]c1cc(C#N)cc(B2c3cc(OC(C)(C)C)ccc3N(c3ccccc3)c3ccc(OC(C)(C)C)cc32)c1. The molecule has 4 aromatic carbocycles. The van der Waals surface area contributed by atoms with Crippen LogP contribution in [0, 0.1) is 17.9 Å². The average Bonchev–Trinajstić information content (AvgIpc) is 2.90. The van der Waals surface area contributed by atoms with Crippen molar-refractivity contribution in [3.63, 3.8) is 0 Å². The normalized spacial score (nSPS) is 12.6. The van der Waals surface area contributed by atoms with Gasteiger partial charge in [-0.2, -0.15) is 5.26 Å². The average molecular weight is 525 g/mol. The van der Waals surface area contributed by atoms with Crippen molar-refractivity contribution in [2.24, 2.45) is 0 Å². The summed E-state index contributed by atoms with van der Waals surface area (Å²) in [6.45, 7) is 19.6. The van der Waals surface area contributed by atoms with Crippen molar-refractivity contribution in [3.8, 4) is 17.6 Å². The minimum Gasteiger partial charge on any atom is -0.488 e. The number of benzene rings is 4. The van der Waals surface area contributed by atoms with Crippen molar-refractivity contribution < 1.29 is 9.47 Å². The van der Waals surface area contributed by atoms with E-state index in [1.54, 1.807) is 6.07 Å². The molecule has 4 aromatic rings. The molecule has 0 aliphatic carbocycles. The Hall–Kier alpha value is -4.68. The van der Waals surface area contributed by atoms with E-state index in [0.717, 1.165) is 44.9 Å². The fourth-order valence-corrected chi connectivity index (χ4v) is 5.21. The number of nitriles is 1. The van der Waals surface area contributed by atoms with Crippen LogP contribution in [0.1, 0.15) is 47.1 Å². The summed E-state index contributed by atoms with van der Waals surface area (Å²) in [5, 5.41) is 9.80. The van der Waals surface area contributed by atoms with E-state index < -0.39 is 0 Å². The molecule has 5 nitrogen and oxygen atoms in total. The molecule has 0 amide bonds. The Kier molecular flexibility index (Phi) is 6.82. The van der Waals surface area contributed by atoms with Gasteiger partial charge in [0.15, 0.2) is 5.69 Å². The maximum Gasteiger partial charge on any atom is 0.245 e. The molecule has 198 valence electrons. The van der Waals surface area contributed by atoms with E-state index in [1.165, 1.54) is 0 Å². The first-order valence-electron chi connectivity index (χ1n) is 13.4. The van der Waals surface area contributed by atoms with Crippen LogP contribution in [-0.2, 0) is 0 Å². The van der Waals surface area contributed by atoms with Gasteiger partial charge in [0.25, 0.3) is 0 Å². The van der Waals surface area contributed by atoms with Gasteiger partial charge in [0.1, 0.15) is 22.7 Å². The zero-order chi connectivity index (χ0) is 28.7. The molecule has 1 aliphatic rings. The molecule has 6 heteroatoms. The van der Waals surface area contributed by atoms with Gasteiger partial charge in [-0.3, -0.25) is 0 Å². The van der Waals surface area contributed by atoms with E-state index in [4.69, 9.17) is 16.0 Å². The molecular weight excluding hydrogens is 493 g/mol. The van der Waals surface area contributed by atoms with Gasteiger partial charge >= 0.3 is 0 Å². The van der Waals surface area contributed by atoms with E-state index in [0.29, 0.717) is 11.3 Å². The molecule has 1 aliphatic heterocycles. The second-order valence-corrected chi connectivity index (χ2v) is 12.0. The van der Waals surface area contributed by atoms with E-state index >= 15 is 0 Å². The number of fused-ring (bicyclic) bond motifs is 2. The van der Waals surface area contributed by atoms with Crippen molar-refractivity contribution in [1.82, 2.24) is 0 Å². The van der Waals surface area contributed by atoms with Crippen LogP contribution in [0.2, 0.25) is 0 Å². The summed E-state index contributed by atoms with van der Waals surface area (Å²) >= 11 is 0. The molecule has 0 unspecified atom stereocenters. The highest BCUT2D eigenvalue weighted by molar-refractivity contribution is 6.98. The lowest BCUT2D eigenvalue weighted by Gasteiger charge is -2.38. The Morgan fingerprint density at radius 2 is 1.30 bits per heavy atom. The van der Waals surface area contributed by atoms with Crippen molar-refractivity contribution in [3.05, 3.63) is 102 Å². The van der Waals surface area contributed by atoms with Crippen LogP contribution in [0.3, 0.4) is 0 Å². The minimum absolute atomic E-state index is 0.259. The summed E-state index contributed by atoms with van der Waals surface area (Å²) in [5.41, 5.74) is 6.14. The van der Waals surface area contributed by atoms with Crippen LogP contribution >= 0.6 is 0 Å². The van der Waals surface area contributed by atoms with E-state index in [9.17, 15) is 5.26 Å². The van der Waals surface area contributed by atoms with Gasteiger partial charge in [0.05, 0.1) is 12.6 Å². The van der Waals surface area contributed by atoms with Crippen LogP contribution in [0.25, 0.3) is 4.85 Å². The molecule has 0 bridgehead atoms. The fraction of sp³-hybridized carbons (Fsp3) is 0.235. The predicted molar refractivity (Wildman–Crippen MR) is 164 cm³/mol. The quantitative estimate of drug-likeness (QED) is 0.192.